The van der Waals surface area contributed by atoms with Crippen LogP contribution in [0.15, 0.2) is 30.5 Å². The average molecular weight is 255 g/mol. The molecule has 2 N–H and O–H groups in total. The zero-order valence-electron chi connectivity index (χ0n) is 10.7. The maximum Gasteiger partial charge on any atom is 0.171 e. The molecule has 5 nitrogen and oxygen atoms in total. The molecule has 1 heterocycles. The van der Waals surface area contributed by atoms with Gasteiger partial charge in [0.2, 0.25) is 0 Å². The molecule has 0 aliphatic heterocycles. The number of pyridine rings is 1. The largest absolute Gasteiger partial charge is 0.493 e. The lowest BCUT2D eigenvalue weighted by Crippen LogP contribution is -2.01. The molecular weight excluding hydrogens is 242 g/mol. The molecule has 0 bridgehead atoms. The highest BCUT2D eigenvalue weighted by Gasteiger charge is 2.20. The quantitative estimate of drug-likeness (QED) is 0.850. The van der Waals surface area contributed by atoms with Gasteiger partial charge in [-0.05, 0) is 12.1 Å². The Morgan fingerprint density at radius 2 is 2.05 bits per heavy atom. The number of nitrogens with zero attached hydrogens (tertiary/aromatic N) is 2. The summed E-state index contributed by atoms with van der Waals surface area (Å²) in [4.78, 5) is 4.24. The summed E-state index contributed by atoms with van der Waals surface area (Å²) in [6, 6.07) is 9.08. The average Bonchev–Trinajstić information content (AvgIpc) is 2.46. The molecule has 0 fully saturated rings. The molecule has 1 aromatic heterocycles. The number of ether oxygens (including phenoxy) is 2. The van der Waals surface area contributed by atoms with E-state index in [1.807, 2.05) is 6.07 Å². The Labute approximate surface area is 111 Å². The van der Waals surface area contributed by atoms with Gasteiger partial charge in [-0.15, -0.1) is 0 Å². The van der Waals surface area contributed by atoms with E-state index >= 15 is 0 Å². The number of aromatic nitrogens is 1. The highest BCUT2D eigenvalue weighted by atomic mass is 16.5. The number of rotatable bonds is 3. The van der Waals surface area contributed by atoms with Crippen LogP contribution in [0.2, 0.25) is 0 Å². The molecule has 0 amide bonds. The van der Waals surface area contributed by atoms with Gasteiger partial charge in [0.1, 0.15) is 6.07 Å². The fraction of sp³-hybridized carbons (Fsp3) is 0.143. The Bertz CT molecular complexity index is 633. The Morgan fingerprint density at radius 3 is 2.58 bits per heavy atom. The van der Waals surface area contributed by atoms with Gasteiger partial charge in [0, 0.05) is 12.3 Å². The minimum Gasteiger partial charge on any atom is -0.493 e. The van der Waals surface area contributed by atoms with E-state index < -0.39 is 0 Å². The lowest BCUT2D eigenvalue weighted by atomic mass is 10.0. The van der Waals surface area contributed by atoms with Crippen molar-refractivity contribution in [2.24, 2.45) is 0 Å². The van der Waals surface area contributed by atoms with Crippen molar-refractivity contribution < 1.29 is 9.47 Å². The van der Waals surface area contributed by atoms with E-state index in [0.717, 1.165) is 0 Å². The van der Waals surface area contributed by atoms with Gasteiger partial charge in [0.25, 0.3) is 0 Å². The summed E-state index contributed by atoms with van der Waals surface area (Å²) in [6.07, 6.45) is 1.64. The fourth-order valence-corrected chi connectivity index (χ4v) is 1.89. The molecule has 0 unspecified atom stereocenters. The zero-order valence-corrected chi connectivity index (χ0v) is 10.7. The van der Waals surface area contributed by atoms with E-state index in [1.165, 1.54) is 14.2 Å². The summed E-state index contributed by atoms with van der Waals surface area (Å²) in [7, 11) is 3.03. The van der Waals surface area contributed by atoms with Crippen molar-refractivity contribution in [2.45, 2.75) is 0 Å². The Kier molecular flexibility index (Phi) is 3.53. The van der Waals surface area contributed by atoms with Gasteiger partial charge in [-0.3, -0.25) is 4.98 Å². The van der Waals surface area contributed by atoms with Crippen LogP contribution in [0, 0.1) is 11.3 Å². The van der Waals surface area contributed by atoms with E-state index in [1.54, 1.807) is 24.4 Å². The molecule has 0 atom stereocenters. The van der Waals surface area contributed by atoms with Crippen molar-refractivity contribution >= 4 is 5.69 Å². The predicted octanol–water partition coefficient (Wildman–Crippen LogP) is 2.22. The Hall–Kier alpha value is -2.74. The van der Waals surface area contributed by atoms with Crippen LogP contribution in [0.4, 0.5) is 5.69 Å². The molecule has 0 saturated carbocycles. The van der Waals surface area contributed by atoms with Crippen molar-refractivity contribution in [3.05, 3.63) is 36.0 Å². The third-order valence-electron chi connectivity index (χ3n) is 2.73. The number of anilines is 1. The molecule has 2 aromatic rings. The van der Waals surface area contributed by atoms with Crippen LogP contribution >= 0.6 is 0 Å². The molecule has 0 aliphatic rings. The van der Waals surface area contributed by atoms with Crippen LogP contribution in [0.3, 0.4) is 0 Å². The van der Waals surface area contributed by atoms with Gasteiger partial charge in [-0.2, -0.15) is 5.26 Å². The van der Waals surface area contributed by atoms with Crippen molar-refractivity contribution in [3.8, 4) is 28.8 Å². The van der Waals surface area contributed by atoms with E-state index in [0.29, 0.717) is 34.0 Å². The lowest BCUT2D eigenvalue weighted by molar-refractivity contribution is 0.356. The maximum atomic E-state index is 9.29. The summed E-state index contributed by atoms with van der Waals surface area (Å²) in [5, 5.41) is 9.29. The van der Waals surface area contributed by atoms with E-state index in [4.69, 9.17) is 15.2 Å². The second kappa shape index (κ2) is 5.27. The van der Waals surface area contributed by atoms with Crippen LogP contribution in [-0.2, 0) is 0 Å². The molecule has 0 aliphatic carbocycles. The number of benzene rings is 1. The second-order valence-electron chi connectivity index (χ2n) is 3.78. The smallest absolute Gasteiger partial charge is 0.171 e. The van der Waals surface area contributed by atoms with Crippen LogP contribution in [-0.4, -0.2) is 19.2 Å². The standard InChI is InChI=1S/C14H13N3O2/c1-18-12-7-10(16)9(8-15)13(14(12)19-2)11-5-3-4-6-17-11/h3-7H,16H2,1-2H3. The van der Waals surface area contributed by atoms with Gasteiger partial charge in [0.05, 0.1) is 36.7 Å². The minimum absolute atomic E-state index is 0.330. The van der Waals surface area contributed by atoms with Gasteiger partial charge >= 0.3 is 0 Å². The SMILES string of the molecule is COc1cc(N)c(C#N)c(-c2ccccn2)c1OC. The van der Waals surface area contributed by atoms with Crippen molar-refractivity contribution in [1.29, 1.82) is 5.26 Å². The summed E-state index contributed by atoms with van der Waals surface area (Å²) in [5.74, 6) is 0.923. The first-order valence-corrected chi connectivity index (χ1v) is 5.58. The maximum absolute atomic E-state index is 9.29. The highest BCUT2D eigenvalue weighted by Crippen LogP contribution is 2.42. The van der Waals surface area contributed by atoms with Gasteiger partial charge < -0.3 is 15.2 Å². The molecule has 1 aromatic carbocycles. The van der Waals surface area contributed by atoms with Crippen LogP contribution in [0.1, 0.15) is 5.56 Å². The van der Waals surface area contributed by atoms with E-state index in [2.05, 4.69) is 11.1 Å². The van der Waals surface area contributed by atoms with Crippen LogP contribution in [0.5, 0.6) is 11.5 Å². The Balaban J connectivity index is 2.83. The van der Waals surface area contributed by atoms with Crippen molar-refractivity contribution in [2.75, 3.05) is 20.0 Å². The fourth-order valence-electron chi connectivity index (χ4n) is 1.89. The second-order valence-corrected chi connectivity index (χ2v) is 3.78. The molecular formula is C14H13N3O2. The van der Waals surface area contributed by atoms with Crippen LogP contribution in [0.25, 0.3) is 11.3 Å². The monoisotopic (exact) mass is 255 g/mol. The minimum atomic E-state index is 0.330. The lowest BCUT2D eigenvalue weighted by Gasteiger charge is -2.15. The van der Waals surface area contributed by atoms with Crippen molar-refractivity contribution in [3.63, 3.8) is 0 Å². The number of methoxy groups -OCH3 is 2. The molecule has 5 heteroatoms. The molecule has 0 saturated heterocycles. The molecule has 0 radical (unpaired) electrons. The zero-order chi connectivity index (χ0) is 13.8. The van der Waals surface area contributed by atoms with Gasteiger partial charge in [0.15, 0.2) is 11.5 Å². The van der Waals surface area contributed by atoms with Crippen LogP contribution < -0.4 is 15.2 Å². The first kappa shape index (κ1) is 12.7. The molecule has 0 spiro atoms. The third kappa shape index (κ3) is 2.16. The normalized spacial score (nSPS) is 9.74. The molecule has 19 heavy (non-hydrogen) atoms. The van der Waals surface area contributed by atoms with Gasteiger partial charge in [-0.25, -0.2) is 0 Å². The highest BCUT2D eigenvalue weighted by molar-refractivity contribution is 5.83. The number of hydrogen-bond donors (Lipinski definition) is 1. The number of nitrogen functional groups attached to an aromatic ring is 1. The number of nitrogens with two attached hydrogens (primary N) is 1. The molecule has 2 rings (SSSR count). The molecule has 96 valence electrons. The first-order valence-electron chi connectivity index (χ1n) is 5.58. The summed E-state index contributed by atoms with van der Waals surface area (Å²) < 4.78 is 10.6. The van der Waals surface area contributed by atoms with E-state index in [-0.39, 0.29) is 0 Å². The Morgan fingerprint density at radius 1 is 1.26 bits per heavy atom. The summed E-state index contributed by atoms with van der Waals surface area (Å²) in [6.45, 7) is 0. The van der Waals surface area contributed by atoms with Gasteiger partial charge in [-0.1, -0.05) is 6.07 Å². The predicted molar refractivity (Wildman–Crippen MR) is 71.9 cm³/mol. The van der Waals surface area contributed by atoms with E-state index in [9.17, 15) is 5.26 Å². The number of nitriles is 1. The third-order valence-corrected chi connectivity index (χ3v) is 2.73. The topological polar surface area (TPSA) is 81.2 Å². The summed E-state index contributed by atoms with van der Waals surface area (Å²) >= 11 is 0. The van der Waals surface area contributed by atoms with Crippen molar-refractivity contribution in [1.82, 2.24) is 4.98 Å². The summed E-state index contributed by atoms with van der Waals surface area (Å²) in [5.41, 5.74) is 7.70. The first-order chi connectivity index (χ1) is 9.22. The number of hydrogen-bond acceptors (Lipinski definition) is 5.